The summed E-state index contributed by atoms with van der Waals surface area (Å²) in [6, 6.07) is 17.7. The van der Waals surface area contributed by atoms with Gasteiger partial charge < -0.3 is 4.74 Å². The van der Waals surface area contributed by atoms with Crippen molar-refractivity contribution < 1.29 is 9.53 Å². The summed E-state index contributed by atoms with van der Waals surface area (Å²) in [6.07, 6.45) is 0.758. The summed E-state index contributed by atoms with van der Waals surface area (Å²) < 4.78 is 5.15. The van der Waals surface area contributed by atoms with Gasteiger partial charge in [-0.1, -0.05) is 48.0 Å². The molecular weight excluding hydrogens is 344 g/mol. The number of hydrogen-bond donors (Lipinski definition) is 0. The number of benzene rings is 2. The molecule has 2 aromatic carbocycles. The van der Waals surface area contributed by atoms with Gasteiger partial charge in [-0.2, -0.15) is 0 Å². The Bertz CT molecular complexity index is 861. The van der Waals surface area contributed by atoms with E-state index in [-0.39, 0.29) is 5.91 Å². The number of anilines is 1. The fraction of sp³-hybridized carbons (Fsp3) is 0.238. The van der Waals surface area contributed by atoms with Crippen molar-refractivity contribution in [2.24, 2.45) is 0 Å². The van der Waals surface area contributed by atoms with Crippen LogP contribution < -0.4 is 4.90 Å². The van der Waals surface area contributed by atoms with Crippen molar-refractivity contribution in [2.75, 3.05) is 25.2 Å². The number of thiazole rings is 1. The van der Waals surface area contributed by atoms with Crippen LogP contribution in [0.1, 0.15) is 22.3 Å². The highest BCUT2D eigenvalue weighted by Gasteiger charge is 2.21. The summed E-state index contributed by atoms with van der Waals surface area (Å²) in [5.74, 6) is -0.0289. The minimum Gasteiger partial charge on any atom is -0.385 e. The van der Waals surface area contributed by atoms with Crippen LogP contribution >= 0.6 is 11.3 Å². The third-order valence-corrected chi connectivity index (χ3v) is 4.90. The van der Waals surface area contributed by atoms with Crippen molar-refractivity contribution in [1.29, 1.82) is 0 Å². The molecule has 4 nitrogen and oxygen atoms in total. The molecule has 1 aromatic heterocycles. The van der Waals surface area contributed by atoms with Crippen LogP contribution in [0.2, 0.25) is 0 Å². The molecule has 0 aliphatic rings. The van der Waals surface area contributed by atoms with Crippen molar-refractivity contribution in [3.05, 3.63) is 71.1 Å². The Labute approximate surface area is 158 Å². The van der Waals surface area contributed by atoms with Crippen molar-refractivity contribution in [1.82, 2.24) is 4.98 Å². The molecule has 134 valence electrons. The standard InChI is InChI=1S/C21H22N2O2S/c1-16-8-6-11-18(14-16)20(24)23(12-7-13-25-2)21-22-19(15-26-21)17-9-4-3-5-10-17/h3-6,8-11,14-15H,7,12-13H2,1-2H3. The number of nitrogens with zero attached hydrogens (tertiary/aromatic N) is 2. The maximum atomic E-state index is 13.1. The van der Waals surface area contributed by atoms with Crippen molar-refractivity contribution in [3.8, 4) is 11.3 Å². The zero-order chi connectivity index (χ0) is 18.4. The zero-order valence-electron chi connectivity index (χ0n) is 15.0. The Morgan fingerprint density at radius 2 is 1.96 bits per heavy atom. The molecule has 0 spiro atoms. The number of aryl methyl sites for hydroxylation is 1. The van der Waals surface area contributed by atoms with E-state index in [0.29, 0.717) is 23.8 Å². The molecule has 0 radical (unpaired) electrons. The summed E-state index contributed by atoms with van der Waals surface area (Å²) in [4.78, 5) is 19.6. The molecule has 1 amide bonds. The molecule has 0 saturated heterocycles. The highest BCUT2D eigenvalue weighted by molar-refractivity contribution is 7.14. The number of amides is 1. The Kier molecular flexibility index (Phi) is 6.15. The normalized spacial score (nSPS) is 10.7. The van der Waals surface area contributed by atoms with E-state index < -0.39 is 0 Å². The van der Waals surface area contributed by atoms with E-state index in [9.17, 15) is 4.79 Å². The number of aromatic nitrogens is 1. The van der Waals surface area contributed by atoms with Gasteiger partial charge in [-0.15, -0.1) is 11.3 Å². The van der Waals surface area contributed by atoms with Crippen LogP contribution in [-0.4, -0.2) is 31.2 Å². The molecule has 1 heterocycles. The second kappa shape index (κ2) is 8.74. The summed E-state index contributed by atoms with van der Waals surface area (Å²) in [7, 11) is 1.67. The first-order chi connectivity index (χ1) is 12.7. The van der Waals surface area contributed by atoms with Crippen LogP contribution in [0.5, 0.6) is 0 Å². The first-order valence-corrected chi connectivity index (χ1v) is 9.45. The second-order valence-electron chi connectivity index (χ2n) is 6.05. The van der Waals surface area contributed by atoms with Gasteiger partial charge in [-0.25, -0.2) is 4.98 Å². The number of hydrogen-bond acceptors (Lipinski definition) is 4. The predicted molar refractivity (Wildman–Crippen MR) is 107 cm³/mol. The Balaban J connectivity index is 1.89. The van der Waals surface area contributed by atoms with Gasteiger partial charge in [0.1, 0.15) is 0 Å². The Hall–Kier alpha value is -2.50. The average molecular weight is 366 g/mol. The number of rotatable bonds is 7. The molecule has 3 rings (SSSR count). The van der Waals surface area contributed by atoms with Crippen molar-refractivity contribution >= 4 is 22.4 Å². The third kappa shape index (κ3) is 4.36. The zero-order valence-corrected chi connectivity index (χ0v) is 15.8. The number of carbonyl (C=O) groups excluding carboxylic acids is 1. The van der Waals surface area contributed by atoms with Gasteiger partial charge in [0.25, 0.3) is 5.91 Å². The Morgan fingerprint density at radius 1 is 1.15 bits per heavy atom. The fourth-order valence-corrected chi connectivity index (χ4v) is 3.57. The SMILES string of the molecule is COCCCN(C(=O)c1cccc(C)c1)c1nc(-c2ccccc2)cs1. The van der Waals surface area contributed by atoms with E-state index in [1.54, 1.807) is 12.0 Å². The smallest absolute Gasteiger partial charge is 0.260 e. The van der Waals surface area contributed by atoms with Gasteiger partial charge in [0, 0.05) is 36.8 Å². The van der Waals surface area contributed by atoms with Gasteiger partial charge in [-0.3, -0.25) is 9.69 Å². The van der Waals surface area contributed by atoms with Crippen LogP contribution in [0.4, 0.5) is 5.13 Å². The molecule has 3 aromatic rings. The monoisotopic (exact) mass is 366 g/mol. The highest BCUT2D eigenvalue weighted by atomic mass is 32.1. The van der Waals surface area contributed by atoms with E-state index in [1.807, 2.05) is 66.9 Å². The predicted octanol–water partition coefficient (Wildman–Crippen LogP) is 4.80. The highest BCUT2D eigenvalue weighted by Crippen LogP contribution is 2.28. The summed E-state index contributed by atoms with van der Waals surface area (Å²) in [5.41, 5.74) is 3.69. The van der Waals surface area contributed by atoms with Crippen LogP contribution in [-0.2, 0) is 4.74 Å². The Morgan fingerprint density at radius 3 is 2.69 bits per heavy atom. The van der Waals surface area contributed by atoms with E-state index in [4.69, 9.17) is 9.72 Å². The van der Waals surface area contributed by atoms with Gasteiger partial charge in [-0.05, 0) is 25.5 Å². The maximum Gasteiger partial charge on any atom is 0.260 e. The third-order valence-electron chi connectivity index (χ3n) is 4.03. The number of carbonyl (C=O) groups is 1. The number of methoxy groups -OCH3 is 1. The van der Waals surface area contributed by atoms with Gasteiger partial charge in [0.2, 0.25) is 0 Å². The topological polar surface area (TPSA) is 42.4 Å². The summed E-state index contributed by atoms with van der Waals surface area (Å²) in [5, 5.41) is 2.71. The molecule has 0 fully saturated rings. The van der Waals surface area contributed by atoms with E-state index >= 15 is 0 Å². The molecule has 0 bridgehead atoms. The van der Waals surface area contributed by atoms with E-state index in [1.165, 1.54) is 11.3 Å². The lowest BCUT2D eigenvalue weighted by Gasteiger charge is -2.20. The maximum absolute atomic E-state index is 13.1. The van der Waals surface area contributed by atoms with Crippen LogP contribution in [0.15, 0.2) is 60.0 Å². The fourth-order valence-electron chi connectivity index (χ4n) is 2.71. The summed E-state index contributed by atoms with van der Waals surface area (Å²) >= 11 is 1.49. The lowest BCUT2D eigenvalue weighted by molar-refractivity contribution is 0.0983. The van der Waals surface area contributed by atoms with Crippen LogP contribution in [0.25, 0.3) is 11.3 Å². The van der Waals surface area contributed by atoms with Gasteiger partial charge >= 0.3 is 0 Å². The van der Waals surface area contributed by atoms with Crippen molar-refractivity contribution in [3.63, 3.8) is 0 Å². The molecule has 0 aliphatic carbocycles. The first kappa shape index (κ1) is 18.3. The van der Waals surface area contributed by atoms with Gasteiger partial charge in [0.15, 0.2) is 5.13 Å². The molecule has 5 heteroatoms. The van der Waals surface area contributed by atoms with E-state index in [0.717, 1.165) is 23.2 Å². The second-order valence-corrected chi connectivity index (χ2v) is 6.89. The molecule has 0 unspecified atom stereocenters. The molecular formula is C21H22N2O2S. The number of ether oxygens (including phenoxy) is 1. The molecule has 0 atom stereocenters. The quantitative estimate of drug-likeness (QED) is 0.564. The molecule has 26 heavy (non-hydrogen) atoms. The van der Waals surface area contributed by atoms with E-state index in [2.05, 4.69) is 0 Å². The minimum atomic E-state index is -0.0289. The average Bonchev–Trinajstić information content (AvgIpc) is 3.15. The van der Waals surface area contributed by atoms with Gasteiger partial charge in [0.05, 0.1) is 5.69 Å². The van der Waals surface area contributed by atoms with Crippen LogP contribution in [0, 0.1) is 6.92 Å². The lowest BCUT2D eigenvalue weighted by Crippen LogP contribution is -2.32. The minimum absolute atomic E-state index is 0.0289. The lowest BCUT2D eigenvalue weighted by atomic mass is 10.1. The summed E-state index contributed by atoms with van der Waals surface area (Å²) in [6.45, 7) is 3.17. The molecule has 0 aliphatic heterocycles. The first-order valence-electron chi connectivity index (χ1n) is 8.57. The molecule has 0 N–H and O–H groups in total. The van der Waals surface area contributed by atoms with Crippen LogP contribution in [0.3, 0.4) is 0 Å². The largest absolute Gasteiger partial charge is 0.385 e. The van der Waals surface area contributed by atoms with Crippen molar-refractivity contribution in [2.45, 2.75) is 13.3 Å². The molecule has 0 saturated carbocycles.